The normalized spacial score (nSPS) is 17.2. The van der Waals surface area contributed by atoms with E-state index in [1.54, 1.807) is 32.9 Å². The predicted molar refractivity (Wildman–Crippen MR) is 135 cm³/mol. The summed E-state index contributed by atoms with van der Waals surface area (Å²) in [5.41, 5.74) is -0.300. The molecule has 0 radical (unpaired) electrons. The summed E-state index contributed by atoms with van der Waals surface area (Å²) in [7, 11) is 0. The minimum atomic E-state index is -1.04. The van der Waals surface area contributed by atoms with Crippen LogP contribution in [0.15, 0.2) is 18.2 Å². The first-order chi connectivity index (χ1) is 18.6. The monoisotopic (exact) mass is 549 g/mol. The van der Waals surface area contributed by atoms with Crippen molar-refractivity contribution in [2.45, 2.75) is 45.3 Å². The van der Waals surface area contributed by atoms with Crippen molar-refractivity contribution in [3.63, 3.8) is 0 Å². The number of alkyl carbamates (subject to hydrolysis) is 1. The zero-order valence-electron chi connectivity index (χ0n) is 22.4. The number of piperidine rings is 1. The lowest BCUT2D eigenvalue weighted by atomic mass is 10.0. The molecule has 1 atom stereocenters. The zero-order chi connectivity index (χ0) is 28.4. The summed E-state index contributed by atoms with van der Waals surface area (Å²) in [6, 6.07) is 3.64. The summed E-state index contributed by atoms with van der Waals surface area (Å²) in [5.74, 6) is -2.09. The summed E-state index contributed by atoms with van der Waals surface area (Å²) >= 11 is 0. The van der Waals surface area contributed by atoms with E-state index in [0.29, 0.717) is 39.6 Å². The van der Waals surface area contributed by atoms with E-state index in [1.165, 1.54) is 6.07 Å². The van der Waals surface area contributed by atoms with Gasteiger partial charge in [-0.3, -0.25) is 29.4 Å². The Balaban J connectivity index is 1.28. The van der Waals surface area contributed by atoms with Gasteiger partial charge < -0.3 is 29.0 Å². The van der Waals surface area contributed by atoms with Crippen LogP contribution in [0.5, 0.6) is 5.75 Å². The Morgan fingerprint density at radius 1 is 0.949 bits per heavy atom. The molecule has 1 fully saturated rings. The highest BCUT2D eigenvalue weighted by Gasteiger charge is 2.45. The van der Waals surface area contributed by atoms with Gasteiger partial charge in [0.2, 0.25) is 11.8 Å². The van der Waals surface area contributed by atoms with Crippen LogP contribution in [-0.4, -0.2) is 99.1 Å². The smallest absolute Gasteiger partial charge is 0.407 e. The molecule has 2 N–H and O–H groups in total. The first-order valence-corrected chi connectivity index (χ1v) is 12.8. The van der Waals surface area contributed by atoms with Gasteiger partial charge in [0, 0.05) is 13.0 Å². The van der Waals surface area contributed by atoms with Crippen molar-refractivity contribution < 1.29 is 47.7 Å². The number of carbonyl (C=O) groups is 5. The van der Waals surface area contributed by atoms with Gasteiger partial charge in [0.1, 0.15) is 24.0 Å². The Bertz CT molecular complexity index is 1070. The van der Waals surface area contributed by atoms with Crippen LogP contribution in [0.25, 0.3) is 0 Å². The van der Waals surface area contributed by atoms with Gasteiger partial charge in [-0.05, 0) is 39.3 Å². The number of hydrogen-bond acceptors (Lipinski definition) is 10. The molecule has 1 aromatic rings. The molecule has 2 aliphatic heterocycles. The van der Waals surface area contributed by atoms with E-state index < -0.39 is 41.4 Å². The molecule has 5 amide bonds. The molecule has 1 unspecified atom stereocenters. The molecule has 13 heteroatoms. The average molecular weight is 550 g/mol. The predicted octanol–water partition coefficient (Wildman–Crippen LogP) is 1.04. The van der Waals surface area contributed by atoms with Gasteiger partial charge in [-0.25, -0.2) is 4.79 Å². The second kappa shape index (κ2) is 14.0. The lowest BCUT2D eigenvalue weighted by molar-refractivity contribution is -0.136. The van der Waals surface area contributed by atoms with Crippen LogP contribution in [0, 0.1) is 0 Å². The summed E-state index contributed by atoms with van der Waals surface area (Å²) in [5, 5.41) is 4.77. The molecule has 3 rings (SSSR count). The lowest BCUT2D eigenvalue weighted by Crippen LogP contribution is -2.54. The number of ether oxygens (including phenoxy) is 5. The van der Waals surface area contributed by atoms with E-state index in [-0.39, 0.29) is 42.9 Å². The molecule has 39 heavy (non-hydrogen) atoms. The van der Waals surface area contributed by atoms with Crippen molar-refractivity contribution in [1.29, 1.82) is 0 Å². The second-order valence-electron chi connectivity index (χ2n) is 9.74. The van der Waals surface area contributed by atoms with E-state index in [9.17, 15) is 24.0 Å². The number of benzene rings is 1. The quantitative estimate of drug-likeness (QED) is 0.254. The maximum atomic E-state index is 13.0. The summed E-state index contributed by atoms with van der Waals surface area (Å²) < 4.78 is 27.1. The fourth-order valence-corrected chi connectivity index (χ4v) is 3.90. The molecule has 0 aliphatic carbocycles. The lowest BCUT2D eigenvalue weighted by Gasteiger charge is -2.27. The van der Waals surface area contributed by atoms with E-state index in [2.05, 4.69) is 10.6 Å². The minimum Gasteiger partial charge on any atom is -0.490 e. The molecule has 13 nitrogen and oxygen atoms in total. The first-order valence-electron chi connectivity index (χ1n) is 12.8. The number of nitrogens with one attached hydrogen (secondary N) is 2. The summed E-state index contributed by atoms with van der Waals surface area (Å²) in [6.45, 7) is 7.76. The molecule has 1 saturated heterocycles. The average Bonchev–Trinajstić information content (AvgIpc) is 3.11. The van der Waals surface area contributed by atoms with Crippen molar-refractivity contribution in [2.75, 3.05) is 52.8 Å². The highest BCUT2D eigenvalue weighted by atomic mass is 16.6. The third-order valence-electron chi connectivity index (χ3n) is 5.57. The van der Waals surface area contributed by atoms with E-state index >= 15 is 0 Å². The van der Waals surface area contributed by atoms with Crippen molar-refractivity contribution in [3.8, 4) is 5.75 Å². The SMILES string of the molecule is CC(C)(C)OC(=O)NCCOCCOCCOCCOc1cccc2c1C(=O)N(C1CCC(=O)NC1=O)C2=O. The number of nitrogens with zero attached hydrogens (tertiary/aromatic N) is 1. The van der Waals surface area contributed by atoms with E-state index in [1.807, 2.05) is 0 Å². The number of fused-ring (bicyclic) bond motifs is 1. The van der Waals surface area contributed by atoms with Gasteiger partial charge in [-0.15, -0.1) is 0 Å². The molecular weight excluding hydrogens is 514 g/mol. The van der Waals surface area contributed by atoms with Crippen LogP contribution in [0.4, 0.5) is 4.79 Å². The fourth-order valence-electron chi connectivity index (χ4n) is 3.90. The molecule has 0 spiro atoms. The van der Waals surface area contributed by atoms with Crippen molar-refractivity contribution in [1.82, 2.24) is 15.5 Å². The number of amides is 5. The van der Waals surface area contributed by atoms with Crippen LogP contribution < -0.4 is 15.4 Å². The van der Waals surface area contributed by atoms with Crippen LogP contribution >= 0.6 is 0 Å². The molecule has 2 aliphatic rings. The van der Waals surface area contributed by atoms with Crippen molar-refractivity contribution in [3.05, 3.63) is 29.3 Å². The third kappa shape index (κ3) is 8.73. The van der Waals surface area contributed by atoms with Gasteiger partial charge in [-0.1, -0.05) is 6.07 Å². The van der Waals surface area contributed by atoms with E-state index in [4.69, 9.17) is 23.7 Å². The molecule has 2 heterocycles. The number of hydrogen-bond donors (Lipinski definition) is 2. The van der Waals surface area contributed by atoms with Gasteiger partial charge in [-0.2, -0.15) is 0 Å². The van der Waals surface area contributed by atoms with Crippen molar-refractivity contribution in [2.24, 2.45) is 0 Å². The fraction of sp³-hybridized carbons (Fsp3) is 0.577. The van der Waals surface area contributed by atoms with Gasteiger partial charge >= 0.3 is 6.09 Å². The first kappa shape index (κ1) is 30.0. The largest absolute Gasteiger partial charge is 0.490 e. The zero-order valence-corrected chi connectivity index (χ0v) is 22.4. The van der Waals surface area contributed by atoms with Crippen molar-refractivity contribution >= 4 is 29.7 Å². The molecular formula is C26H35N3O10. The minimum absolute atomic E-state index is 0.0502. The molecule has 214 valence electrons. The summed E-state index contributed by atoms with van der Waals surface area (Å²) in [4.78, 5) is 61.9. The Morgan fingerprint density at radius 2 is 1.59 bits per heavy atom. The molecule has 0 bridgehead atoms. The second-order valence-corrected chi connectivity index (χ2v) is 9.74. The van der Waals surface area contributed by atoms with Crippen LogP contribution in [0.3, 0.4) is 0 Å². The van der Waals surface area contributed by atoms with Gasteiger partial charge in [0.15, 0.2) is 0 Å². The molecule has 0 aromatic heterocycles. The maximum Gasteiger partial charge on any atom is 0.407 e. The van der Waals surface area contributed by atoms with Crippen LogP contribution in [0.2, 0.25) is 0 Å². The standard InChI is InChI=1S/C26H35N3O10/c1-26(2,3)39-25(34)27-9-10-35-11-12-36-13-14-37-15-16-38-19-6-4-5-17-21(19)24(33)29(23(17)32)18-7-8-20(30)28-22(18)31/h4-6,18H,7-16H2,1-3H3,(H,27,34)(H,28,30,31). The van der Waals surface area contributed by atoms with Gasteiger partial charge in [0.25, 0.3) is 11.8 Å². The van der Waals surface area contributed by atoms with Crippen LogP contribution in [0.1, 0.15) is 54.3 Å². The number of carbonyl (C=O) groups excluding carboxylic acids is 5. The Morgan fingerprint density at radius 3 is 2.23 bits per heavy atom. The van der Waals surface area contributed by atoms with Crippen LogP contribution in [-0.2, 0) is 28.5 Å². The topological polar surface area (TPSA) is 159 Å². The highest BCUT2D eigenvalue weighted by Crippen LogP contribution is 2.33. The van der Waals surface area contributed by atoms with E-state index in [0.717, 1.165) is 4.90 Å². The maximum absolute atomic E-state index is 13.0. The molecule has 0 saturated carbocycles. The molecule has 1 aromatic carbocycles. The number of rotatable bonds is 14. The van der Waals surface area contributed by atoms with Gasteiger partial charge in [0.05, 0.1) is 50.8 Å². The Hall–Kier alpha value is -3.55. The Labute approximate surface area is 226 Å². The number of imide groups is 2. The Kier molecular flexibility index (Phi) is 10.8. The summed E-state index contributed by atoms with van der Waals surface area (Å²) in [6.07, 6.45) is -0.358. The third-order valence-corrected chi connectivity index (χ3v) is 5.57. The highest BCUT2D eigenvalue weighted by molar-refractivity contribution is 6.24.